The summed E-state index contributed by atoms with van der Waals surface area (Å²) in [4.78, 5) is 16.4. The number of carbonyl (C=O) groups is 1. The van der Waals surface area contributed by atoms with Gasteiger partial charge in [-0.15, -0.1) is 0 Å². The molecule has 0 saturated heterocycles. The Bertz CT molecular complexity index is 803. The van der Waals surface area contributed by atoms with Gasteiger partial charge in [0.1, 0.15) is 5.82 Å². The van der Waals surface area contributed by atoms with Crippen LogP contribution in [0.15, 0.2) is 59.5 Å². The van der Waals surface area contributed by atoms with Crippen molar-refractivity contribution in [3.05, 3.63) is 70.8 Å². The number of hydrogen-bond donors (Lipinski definition) is 1. The Hall–Kier alpha value is -2.54. The first-order valence-corrected chi connectivity index (χ1v) is 7.15. The number of nitrogens with zero attached hydrogens (tertiary/aromatic N) is 3. The molecule has 0 radical (unpaired) electrons. The molecule has 0 atom stereocenters. The fraction of sp³-hybridized carbons (Fsp3) is 0. The van der Waals surface area contributed by atoms with Gasteiger partial charge in [0.05, 0.1) is 17.4 Å². The van der Waals surface area contributed by atoms with Gasteiger partial charge in [-0.3, -0.25) is 4.79 Å². The SMILES string of the molecule is O=C(Nc1ccc(-n2cccn2)nc1)c1cc(F)ccc1Br. The monoisotopic (exact) mass is 360 g/mol. The van der Waals surface area contributed by atoms with E-state index in [1.165, 1.54) is 24.4 Å². The van der Waals surface area contributed by atoms with E-state index in [0.717, 1.165) is 0 Å². The molecule has 0 spiro atoms. The molecule has 110 valence electrons. The van der Waals surface area contributed by atoms with Crippen molar-refractivity contribution >= 4 is 27.5 Å². The molecule has 22 heavy (non-hydrogen) atoms. The van der Waals surface area contributed by atoms with Crippen molar-refractivity contribution in [2.45, 2.75) is 0 Å². The van der Waals surface area contributed by atoms with E-state index in [0.29, 0.717) is 16.0 Å². The summed E-state index contributed by atoms with van der Waals surface area (Å²) in [5, 5.41) is 6.74. The minimum absolute atomic E-state index is 0.219. The van der Waals surface area contributed by atoms with Gasteiger partial charge in [-0.05, 0) is 52.3 Å². The summed E-state index contributed by atoms with van der Waals surface area (Å²) in [6.45, 7) is 0. The van der Waals surface area contributed by atoms with E-state index >= 15 is 0 Å². The molecule has 0 fully saturated rings. The molecule has 3 aromatic rings. The van der Waals surface area contributed by atoms with Gasteiger partial charge in [-0.1, -0.05) is 0 Å². The summed E-state index contributed by atoms with van der Waals surface area (Å²) < 4.78 is 15.4. The van der Waals surface area contributed by atoms with Crippen molar-refractivity contribution in [2.24, 2.45) is 0 Å². The predicted octanol–water partition coefficient (Wildman–Crippen LogP) is 3.42. The molecule has 5 nitrogen and oxygen atoms in total. The van der Waals surface area contributed by atoms with E-state index in [2.05, 4.69) is 31.3 Å². The van der Waals surface area contributed by atoms with E-state index in [-0.39, 0.29) is 5.56 Å². The second kappa shape index (κ2) is 6.07. The number of rotatable bonds is 3. The molecule has 2 heterocycles. The highest BCUT2D eigenvalue weighted by Crippen LogP contribution is 2.19. The third-order valence-corrected chi connectivity index (χ3v) is 3.61. The first-order chi connectivity index (χ1) is 10.6. The minimum Gasteiger partial charge on any atom is -0.321 e. The lowest BCUT2D eigenvalue weighted by Gasteiger charge is -2.07. The van der Waals surface area contributed by atoms with Crippen molar-refractivity contribution in [3.8, 4) is 5.82 Å². The van der Waals surface area contributed by atoms with Crippen LogP contribution in [0.25, 0.3) is 5.82 Å². The van der Waals surface area contributed by atoms with Gasteiger partial charge in [0, 0.05) is 16.9 Å². The standard InChI is InChI=1S/C15H10BrFN4O/c16-13-4-2-10(17)8-12(13)15(22)20-11-3-5-14(18-9-11)21-7-1-6-19-21/h1-9H,(H,20,22). The average Bonchev–Trinajstić information content (AvgIpc) is 3.05. The van der Waals surface area contributed by atoms with Gasteiger partial charge in [0.2, 0.25) is 0 Å². The van der Waals surface area contributed by atoms with Crippen LogP contribution in [-0.4, -0.2) is 20.7 Å². The van der Waals surface area contributed by atoms with E-state index in [4.69, 9.17) is 0 Å². The Morgan fingerprint density at radius 1 is 1.27 bits per heavy atom. The maximum atomic E-state index is 13.2. The van der Waals surface area contributed by atoms with Gasteiger partial charge in [-0.25, -0.2) is 14.1 Å². The molecule has 0 aliphatic carbocycles. The van der Waals surface area contributed by atoms with Crippen LogP contribution in [0.1, 0.15) is 10.4 Å². The predicted molar refractivity (Wildman–Crippen MR) is 83.4 cm³/mol. The fourth-order valence-corrected chi connectivity index (χ4v) is 2.30. The number of anilines is 1. The molecule has 0 aliphatic heterocycles. The lowest BCUT2D eigenvalue weighted by atomic mass is 10.2. The third-order valence-electron chi connectivity index (χ3n) is 2.92. The Morgan fingerprint density at radius 3 is 2.82 bits per heavy atom. The van der Waals surface area contributed by atoms with Crippen LogP contribution in [0, 0.1) is 5.82 Å². The lowest BCUT2D eigenvalue weighted by molar-refractivity contribution is 0.102. The van der Waals surface area contributed by atoms with Gasteiger partial charge in [0.15, 0.2) is 5.82 Å². The average molecular weight is 361 g/mol. The first-order valence-electron chi connectivity index (χ1n) is 6.36. The molecule has 0 unspecified atom stereocenters. The van der Waals surface area contributed by atoms with E-state index in [1.807, 2.05) is 0 Å². The number of halogens is 2. The van der Waals surface area contributed by atoms with Crippen molar-refractivity contribution in [2.75, 3.05) is 5.32 Å². The molecule has 7 heteroatoms. The second-order valence-electron chi connectivity index (χ2n) is 4.43. The highest BCUT2D eigenvalue weighted by Gasteiger charge is 2.11. The zero-order chi connectivity index (χ0) is 15.5. The van der Waals surface area contributed by atoms with Crippen LogP contribution in [0.2, 0.25) is 0 Å². The quantitative estimate of drug-likeness (QED) is 0.778. The number of benzene rings is 1. The summed E-state index contributed by atoms with van der Waals surface area (Å²) >= 11 is 3.23. The fourth-order valence-electron chi connectivity index (χ4n) is 1.87. The van der Waals surface area contributed by atoms with Crippen molar-refractivity contribution in [1.82, 2.24) is 14.8 Å². The topological polar surface area (TPSA) is 59.8 Å². The van der Waals surface area contributed by atoms with Gasteiger partial charge < -0.3 is 5.32 Å². The largest absolute Gasteiger partial charge is 0.321 e. The summed E-state index contributed by atoms with van der Waals surface area (Å²) in [5.41, 5.74) is 0.730. The lowest BCUT2D eigenvalue weighted by Crippen LogP contribution is -2.13. The van der Waals surface area contributed by atoms with Crippen LogP contribution in [0.5, 0.6) is 0 Å². The number of amides is 1. The molecule has 1 aromatic carbocycles. The third kappa shape index (κ3) is 3.04. The Kier molecular flexibility index (Phi) is 3.97. The number of carbonyl (C=O) groups excluding carboxylic acids is 1. The Balaban J connectivity index is 1.78. The Morgan fingerprint density at radius 2 is 2.14 bits per heavy atom. The van der Waals surface area contributed by atoms with Crippen LogP contribution in [0.4, 0.5) is 10.1 Å². The summed E-state index contributed by atoms with van der Waals surface area (Å²) in [7, 11) is 0. The second-order valence-corrected chi connectivity index (χ2v) is 5.29. The zero-order valence-corrected chi connectivity index (χ0v) is 12.8. The van der Waals surface area contributed by atoms with Crippen molar-refractivity contribution in [3.63, 3.8) is 0 Å². The normalized spacial score (nSPS) is 10.5. The van der Waals surface area contributed by atoms with Crippen molar-refractivity contribution < 1.29 is 9.18 Å². The molecule has 0 saturated carbocycles. The van der Waals surface area contributed by atoms with E-state index in [1.54, 1.807) is 35.3 Å². The van der Waals surface area contributed by atoms with Crippen LogP contribution < -0.4 is 5.32 Å². The van der Waals surface area contributed by atoms with Crippen LogP contribution in [-0.2, 0) is 0 Å². The minimum atomic E-state index is -0.472. The van der Waals surface area contributed by atoms with Crippen LogP contribution >= 0.6 is 15.9 Å². The number of hydrogen-bond acceptors (Lipinski definition) is 3. The highest BCUT2D eigenvalue weighted by atomic mass is 79.9. The summed E-state index contributed by atoms with van der Waals surface area (Å²) in [6.07, 6.45) is 4.94. The van der Waals surface area contributed by atoms with E-state index < -0.39 is 11.7 Å². The molecule has 0 bridgehead atoms. The smallest absolute Gasteiger partial charge is 0.256 e. The Labute approximate surface area is 133 Å². The summed E-state index contributed by atoms with van der Waals surface area (Å²) in [6, 6.07) is 9.16. The first kappa shape index (κ1) is 14.4. The number of pyridine rings is 1. The van der Waals surface area contributed by atoms with Gasteiger partial charge in [0.25, 0.3) is 5.91 Å². The maximum absolute atomic E-state index is 13.2. The molecule has 1 amide bonds. The number of nitrogens with one attached hydrogen (secondary N) is 1. The molecule has 1 N–H and O–H groups in total. The molecular weight excluding hydrogens is 351 g/mol. The van der Waals surface area contributed by atoms with Gasteiger partial charge >= 0.3 is 0 Å². The molecule has 2 aromatic heterocycles. The zero-order valence-electron chi connectivity index (χ0n) is 11.2. The molecule has 0 aliphatic rings. The van der Waals surface area contributed by atoms with E-state index in [9.17, 15) is 9.18 Å². The number of aromatic nitrogens is 3. The maximum Gasteiger partial charge on any atom is 0.256 e. The summed E-state index contributed by atoms with van der Waals surface area (Å²) in [5.74, 6) is -0.254. The van der Waals surface area contributed by atoms with Gasteiger partial charge in [-0.2, -0.15) is 5.10 Å². The molecule has 3 rings (SSSR count). The molecular formula is C15H10BrFN4O. The highest BCUT2D eigenvalue weighted by molar-refractivity contribution is 9.10. The van der Waals surface area contributed by atoms with Crippen LogP contribution in [0.3, 0.4) is 0 Å². The van der Waals surface area contributed by atoms with Crippen molar-refractivity contribution in [1.29, 1.82) is 0 Å².